The van der Waals surface area contributed by atoms with Crippen molar-refractivity contribution in [3.8, 4) is 0 Å². The molecule has 3 heterocycles. The van der Waals surface area contributed by atoms with Crippen LogP contribution in [0.3, 0.4) is 0 Å². The summed E-state index contributed by atoms with van der Waals surface area (Å²) in [5.74, 6) is 1.20. The highest BCUT2D eigenvalue weighted by molar-refractivity contribution is 6.34. The summed E-state index contributed by atoms with van der Waals surface area (Å²) in [6, 6.07) is 7.68. The fraction of sp³-hybridized carbons (Fsp3) is 0.467. The number of halogens is 1. The highest BCUT2D eigenvalue weighted by atomic mass is 35.5. The lowest BCUT2D eigenvalue weighted by Crippen LogP contribution is -2.28. The number of hydrogen-bond acceptors (Lipinski definition) is 3. The van der Waals surface area contributed by atoms with Gasteiger partial charge in [-0.25, -0.2) is 0 Å². The average molecular weight is 278 g/mol. The first kappa shape index (κ1) is 11.8. The van der Waals surface area contributed by atoms with Crippen LogP contribution in [0.4, 0.5) is 0 Å². The molecule has 0 aliphatic carbocycles. The smallest absolute Gasteiger partial charge is 0.152 e. The fourth-order valence-electron chi connectivity index (χ4n) is 3.48. The Morgan fingerprint density at radius 3 is 2.89 bits per heavy atom. The Morgan fingerprint density at radius 2 is 2.21 bits per heavy atom. The number of hydrogen-bond donors (Lipinski definition) is 1. The molecule has 4 unspecified atom stereocenters. The first-order valence-corrected chi connectivity index (χ1v) is 7.19. The molecule has 1 aromatic carbocycles. The van der Waals surface area contributed by atoms with Crippen LogP contribution in [0.15, 0.2) is 28.7 Å². The minimum absolute atomic E-state index is 0.0984. The van der Waals surface area contributed by atoms with E-state index >= 15 is 0 Å². The number of rotatable bonds is 2. The summed E-state index contributed by atoms with van der Waals surface area (Å²) in [4.78, 5) is 0. The van der Waals surface area contributed by atoms with Crippen LogP contribution in [0.25, 0.3) is 11.0 Å². The Kier molecular flexibility index (Phi) is 2.62. The largest absolute Gasteiger partial charge is 0.458 e. The third-order valence-electron chi connectivity index (χ3n) is 4.46. The highest BCUT2D eigenvalue weighted by Gasteiger charge is 2.44. The molecule has 2 aliphatic heterocycles. The van der Waals surface area contributed by atoms with E-state index in [2.05, 4.69) is 0 Å². The molecule has 2 aliphatic rings. The summed E-state index contributed by atoms with van der Waals surface area (Å²) >= 11 is 6.14. The summed E-state index contributed by atoms with van der Waals surface area (Å²) in [6.07, 6.45) is 4.08. The SMILES string of the molecule is NC(c1cc2cccc(Cl)c2o1)C1CC2CCC1O2. The second-order valence-corrected chi connectivity index (χ2v) is 6.01. The van der Waals surface area contributed by atoms with Crippen LogP contribution in [0.1, 0.15) is 31.1 Å². The van der Waals surface area contributed by atoms with Gasteiger partial charge in [0.15, 0.2) is 5.58 Å². The van der Waals surface area contributed by atoms with E-state index in [1.807, 2.05) is 24.3 Å². The topological polar surface area (TPSA) is 48.4 Å². The third kappa shape index (κ3) is 1.80. The van der Waals surface area contributed by atoms with Gasteiger partial charge in [0.25, 0.3) is 0 Å². The molecule has 0 amide bonds. The molecular formula is C15H16ClNO2. The molecule has 19 heavy (non-hydrogen) atoms. The van der Waals surface area contributed by atoms with Crippen molar-refractivity contribution in [2.45, 2.75) is 37.5 Å². The first-order valence-electron chi connectivity index (χ1n) is 6.81. The number of fused-ring (bicyclic) bond motifs is 3. The molecule has 4 atom stereocenters. The molecule has 2 bridgehead atoms. The van der Waals surface area contributed by atoms with Gasteiger partial charge in [0, 0.05) is 11.3 Å². The Balaban J connectivity index is 1.68. The zero-order valence-electron chi connectivity index (χ0n) is 10.5. The van der Waals surface area contributed by atoms with Gasteiger partial charge in [-0.05, 0) is 31.4 Å². The van der Waals surface area contributed by atoms with Gasteiger partial charge in [-0.2, -0.15) is 0 Å². The van der Waals surface area contributed by atoms with Crippen LogP contribution in [-0.4, -0.2) is 12.2 Å². The van der Waals surface area contributed by atoms with Crippen molar-refractivity contribution in [3.05, 3.63) is 35.0 Å². The summed E-state index contributed by atoms with van der Waals surface area (Å²) in [5, 5.41) is 1.65. The van der Waals surface area contributed by atoms with Crippen LogP contribution in [0.5, 0.6) is 0 Å². The Labute approximate surface area is 116 Å². The third-order valence-corrected chi connectivity index (χ3v) is 4.76. The standard InChI is InChI=1S/C15H16ClNO2/c16-11-3-1-2-8-6-13(19-15(8)11)14(17)10-7-9-4-5-12(10)18-9/h1-3,6,9-10,12,14H,4-5,7,17H2. The van der Waals surface area contributed by atoms with Gasteiger partial charge in [-0.3, -0.25) is 0 Å². The van der Waals surface area contributed by atoms with Gasteiger partial charge in [0.2, 0.25) is 0 Å². The summed E-state index contributed by atoms with van der Waals surface area (Å²) in [6.45, 7) is 0. The van der Waals surface area contributed by atoms with E-state index in [0.717, 1.165) is 29.6 Å². The van der Waals surface area contributed by atoms with E-state index in [1.54, 1.807) is 0 Å². The Hall–Kier alpha value is -1.03. The molecule has 4 rings (SSSR count). The van der Waals surface area contributed by atoms with Crippen LogP contribution in [0, 0.1) is 5.92 Å². The predicted molar refractivity (Wildman–Crippen MR) is 74.2 cm³/mol. The Morgan fingerprint density at radius 1 is 1.32 bits per heavy atom. The molecule has 2 N–H and O–H groups in total. The molecule has 1 aromatic heterocycles. The first-order chi connectivity index (χ1) is 9.22. The zero-order valence-corrected chi connectivity index (χ0v) is 11.3. The maximum absolute atomic E-state index is 6.38. The second kappa shape index (κ2) is 4.23. The van der Waals surface area contributed by atoms with E-state index in [-0.39, 0.29) is 6.04 Å². The molecule has 3 nitrogen and oxygen atoms in total. The van der Waals surface area contributed by atoms with Crippen LogP contribution >= 0.6 is 11.6 Å². The second-order valence-electron chi connectivity index (χ2n) is 5.61. The van der Waals surface area contributed by atoms with Crippen molar-refractivity contribution < 1.29 is 9.15 Å². The van der Waals surface area contributed by atoms with Gasteiger partial charge in [-0.1, -0.05) is 23.7 Å². The molecule has 100 valence electrons. The van der Waals surface area contributed by atoms with Gasteiger partial charge in [0.05, 0.1) is 23.3 Å². The number of benzene rings is 1. The van der Waals surface area contributed by atoms with Crippen LogP contribution < -0.4 is 5.73 Å². The number of para-hydroxylation sites is 1. The van der Waals surface area contributed by atoms with E-state index < -0.39 is 0 Å². The summed E-state index contributed by atoms with van der Waals surface area (Å²) in [5.41, 5.74) is 7.12. The molecule has 0 saturated carbocycles. The van der Waals surface area contributed by atoms with Crippen molar-refractivity contribution >= 4 is 22.6 Å². The minimum atomic E-state index is -0.0984. The maximum Gasteiger partial charge on any atom is 0.152 e. The van der Waals surface area contributed by atoms with E-state index in [9.17, 15) is 0 Å². The lowest BCUT2D eigenvalue weighted by Gasteiger charge is -2.23. The van der Waals surface area contributed by atoms with Crippen LogP contribution in [-0.2, 0) is 4.74 Å². The quantitative estimate of drug-likeness (QED) is 0.911. The number of ether oxygens (including phenoxy) is 1. The van der Waals surface area contributed by atoms with Crippen molar-refractivity contribution in [2.24, 2.45) is 11.7 Å². The molecule has 2 aromatic rings. The summed E-state index contributed by atoms with van der Waals surface area (Å²) < 4.78 is 11.7. The van der Waals surface area contributed by atoms with Crippen molar-refractivity contribution in [1.82, 2.24) is 0 Å². The van der Waals surface area contributed by atoms with Gasteiger partial charge < -0.3 is 14.9 Å². The van der Waals surface area contributed by atoms with Gasteiger partial charge in [0.1, 0.15) is 5.76 Å². The predicted octanol–water partition coefficient (Wildman–Crippen LogP) is 3.65. The fourth-order valence-corrected chi connectivity index (χ4v) is 3.70. The number of nitrogens with two attached hydrogens (primary N) is 1. The normalized spacial score (nSPS) is 31.2. The summed E-state index contributed by atoms with van der Waals surface area (Å²) in [7, 11) is 0. The molecule has 2 saturated heterocycles. The van der Waals surface area contributed by atoms with Crippen molar-refractivity contribution in [3.63, 3.8) is 0 Å². The minimum Gasteiger partial charge on any atom is -0.458 e. The van der Waals surface area contributed by atoms with Crippen LogP contribution in [0.2, 0.25) is 5.02 Å². The van der Waals surface area contributed by atoms with Gasteiger partial charge in [-0.15, -0.1) is 0 Å². The van der Waals surface area contributed by atoms with Gasteiger partial charge >= 0.3 is 0 Å². The lowest BCUT2D eigenvalue weighted by molar-refractivity contribution is 0.0871. The molecule has 0 radical (unpaired) electrons. The zero-order chi connectivity index (χ0) is 13.0. The maximum atomic E-state index is 6.38. The Bertz CT molecular complexity index is 624. The molecular weight excluding hydrogens is 262 g/mol. The van der Waals surface area contributed by atoms with E-state index in [1.165, 1.54) is 6.42 Å². The average Bonchev–Trinajstić information content (AvgIpc) is 3.12. The molecule has 0 spiro atoms. The molecule has 4 heteroatoms. The van der Waals surface area contributed by atoms with Crippen molar-refractivity contribution in [1.29, 1.82) is 0 Å². The van der Waals surface area contributed by atoms with E-state index in [4.69, 9.17) is 26.5 Å². The number of furan rings is 1. The molecule has 2 fully saturated rings. The van der Waals surface area contributed by atoms with Crippen molar-refractivity contribution in [2.75, 3.05) is 0 Å². The van der Waals surface area contributed by atoms with E-state index in [0.29, 0.717) is 23.1 Å². The monoisotopic (exact) mass is 277 g/mol. The lowest BCUT2D eigenvalue weighted by atomic mass is 9.83. The highest BCUT2D eigenvalue weighted by Crippen LogP contribution is 2.44.